The van der Waals surface area contributed by atoms with Gasteiger partial charge < -0.3 is 9.72 Å². The molecule has 7 heteroatoms. The predicted octanol–water partition coefficient (Wildman–Crippen LogP) is 4.42. The van der Waals surface area contributed by atoms with E-state index < -0.39 is 9.84 Å². The Hall–Kier alpha value is -3.45. The molecule has 1 N–H and O–H groups in total. The molecule has 0 atom stereocenters. The van der Waals surface area contributed by atoms with Crippen molar-refractivity contribution in [2.75, 3.05) is 5.75 Å². The van der Waals surface area contributed by atoms with E-state index >= 15 is 0 Å². The van der Waals surface area contributed by atoms with Gasteiger partial charge in [0.2, 0.25) is 0 Å². The van der Waals surface area contributed by atoms with Crippen LogP contribution in [0.3, 0.4) is 0 Å². The Morgan fingerprint density at radius 1 is 1.00 bits per heavy atom. The Morgan fingerprint density at radius 3 is 2.53 bits per heavy atom. The van der Waals surface area contributed by atoms with Gasteiger partial charge >= 0.3 is 0 Å². The summed E-state index contributed by atoms with van der Waals surface area (Å²) in [5, 5.41) is 2.90. The number of benzene rings is 2. The van der Waals surface area contributed by atoms with Gasteiger partial charge in [-0.15, -0.1) is 0 Å². The highest BCUT2D eigenvalue weighted by molar-refractivity contribution is 7.91. The Bertz CT molecular complexity index is 1370. The van der Waals surface area contributed by atoms with Crippen LogP contribution in [-0.2, 0) is 16.4 Å². The number of carbonyl (C=O) groups is 1. The molecule has 0 bridgehead atoms. The van der Waals surface area contributed by atoms with Crippen LogP contribution in [0.15, 0.2) is 78.1 Å². The molecule has 0 fully saturated rings. The molecule has 0 radical (unpaired) electrons. The van der Waals surface area contributed by atoms with Gasteiger partial charge in [0.05, 0.1) is 10.6 Å². The first-order chi connectivity index (χ1) is 15.4. The molecule has 2 aromatic heterocycles. The van der Waals surface area contributed by atoms with Crippen molar-refractivity contribution in [1.82, 2.24) is 14.7 Å². The number of rotatable bonds is 7. The third kappa shape index (κ3) is 4.73. The summed E-state index contributed by atoms with van der Waals surface area (Å²) in [6, 6.07) is 16.5. The summed E-state index contributed by atoms with van der Waals surface area (Å²) in [5.74, 6) is -0.287. The number of imidazole rings is 1. The Morgan fingerprint density at radius 2 is 1.78 bits per heavy atom. The van der Waals surface area contributed by atoms with E-state index in [1.54, 1.807) is 18.3 Å². The summed E-state index contributed by atoms with van der Waals surface area (Å²) >= 11 is 0. The van der Waals surface area contributed by atoms with E-state index in [4.69, 9.17) is 0 Å². The minimum absolute atomic E-state index is 0.0374. The summed E-state index contributed by atoms with van der Waals surface area (Å²) in [6.07, 6.45) is 5.96. The van der Waals surface area contributed by atoms with Crippen molar-refractivity contribution in [3.63, 3.8) is 0 Å². The molecule has 164 valence electrons. The molecule has 4 aromatic rings. The van der Waals surface area contributed by atoms with Gasteiger partial charge in [-0.25, -0.2) is 13.4 Å². The number of hydrogen-bond acceptors (Lipinski definition) is 4. The zero-order valence-electron chi connectivity index (χ0n) is 18.1. The molecule has 0 saturated carbocycles. The number of carbonyl (C=O) groups excluding carboxylic acids is 1. The van der Waals surface area contributed by atoms with Gasteiger partial charge in [-0.3, -0.25) is 4.79 Å². The number of nitrogens with one attached hydrogen (secondary N) is 1. The van der Waals surface area contributed by atoms with Crippen molar-refractivity contribution in [1.29, 1.82) is 0 Å². The molecule has 6 nitrogen and oxygen atoms in total. The summed E-state index contributed by atoms with van der Waals surface area (Å²) in [5.41, 5.74) is 4.70. The van der Waals surface area contributed by atoms with Gasteiger partial charge in [-0.2, -0.15) is 0 Å². The minimum Gasteiger partial charge on any atom is -0.348 e. The minimum atomic E-state index is -3.48. The molecule has 0 saturated heterocycles. The Kier molecular flexibility index (Phi) is 6.10. The third-order valence-corrected chi connectivity index (χ3v) is 7.20. The van der Waals surface area contributed by atoms with E-state index in [0.717, 1.165) is 22.3 Å². The second-order valence-corrected chi connectivity index (χ2v) is 9.95. The quantitative estimate of drug-likeness (QED) is 0.455. The molecule has 0 aliphatic heterocycles. The van der Waals surface area contributed by atoms with E-state index in [1.165, 1.54) is 6.07 Å². The zero-order chi connectivity index (χ0) is 22.7. The maximum absolute atomic E-state index is 13.0. The van der Waals surface area contributed by atoms with Crippen LogP contribution in [0.2, 0.25) is 0 Å². The first kappa shape index (κ1) is 21.8. The number of fused-ring (bicyclic) bond motifs is 1. The molecule has 0 unspecified atom stereocenters. The van der Waals surface area contributed by atoms with Gasteiger partial charge in [0.25, 0.3) is 5.91 Å². The van der Waals surface area contributed by atoms with Gasteiger partial charge in [0.1, 0.15) is 5.65 Å². The Balaban J connectivity index is 1.65. The SMILES string of the molecule is CCCS(=O)(=O)c1cc(C(=O)NCc2ccn3ccnc3c2)cc(-c2ccc(C)cc2)c1. The fraction of sp³-hybridized carbons (Fsp3) is 0.200. The lowest BCUT2D eigenvalue weighted by Crippen LogP contribution is -2.23. The topological polar surface area (TPSA) is 80.5 Å². The van der Waals surface area contributed by atoms with Crippen LogP contribution in [0.4, 0.5) is 0 Å². The van der Waals surface area contributed by atoms with E-state index in [9.17, 15) is 13.2 Å². The molecular weight excluding hydrogens is 422 g/mol. The van der Waals surface area contributed by atoms with Crippen LogP contribution in [-0.4, -0.2) is 29.5 Å². The highest BCUT2D eigenvalue weighted by Gasteiger charge is 2.18. The number of nitrogens with zero attached hydrogens (tertiary/aromatic N) is 2. The van der Waals surface area contributed by atoms with Crippen molar-refractivity contribution in [3.8, 4) is 11.1 Å². The molecule has 32 heavy (non-hydrogen) atoms. The molecule has 2 aromatic carbocycles. The fourth-order valence-corrected chi connectivity index (χ4v) is 4.94. The molecule has 4 rings (SSSR count). The maximum Gasteiger partial charge on any atom is 0.251 e. The Labute approximate surface area is 187 Å². The van der Waals surface area contributed by atoms with Crippen molar-refractivity contribution >= 4 is 21.4 Å². The second-order valence-electron chi connectivity index (χ2n) is 7.84. The largest absolute Gasteiger partial charge is 0.348 e. The standard InChI is InChI=1S/C25H25N3O3S/c1-3-12-32(30,31)23-15-21(20-6-4-18(2)5-7-20)14-22(16-23)25(29)27-17-19-8-10-28-11-9-26-24(28)13-19/h4-11,13-16H,3,12,17H2,1-2H3,(H,27,29). The smallest absolute Gasteiger partial charge is 0.251 e. The maximum atomic E-state index is 13.0. The molecule has 0 aliphatic carbocycles. The van der Waals surface area contributed by atoms with Crippen LogP contribution < -0.4 is 5.32 Å². The van der Waals surface area contributed by atoms with E-state index in [0.29, 0.717) is 24.1 Å². The summed E-state index contributed by atoms with van der Waals surface area (Å²) in [4.78, 5) is 17.4. The molecule has 2 heterocycles. The number of aryl methyl sites for hydroxylation is 1. The van der Waals surface area contributed by atoms with E-state index in [2.05, 4.69) is 10.3 Å². The van der Waals surface area contributed by atoms with Gasteiger partial charge in [-0.1, -0.05) is 36.8 Å². The van der Waals surface area contributed by atoms with Crippen molar-refractivity contribution < 1.29 is 13.2 Å². The van der Waals surface area contributed by atoms with E-state index in [1.807, 2.05) is 67.0 Å². The monoisotopic (exact) mass is 447 g/mol. The third-order valence-electron chi connectivity index (χ3n) is 5.30. The average molecular weight is 448 g/mol. The van der Waals surface area contributed by atoms with Crippen molar-refractivity contribution in [2.45, 2.75) is 31.7 Å². The predicted molar refractivity (Wildman–Crippen MR) is 125 cm³/mol. The zero-order valence-corrected chi connectivity index (χ0v) is 18.9. The number of pyridine rings is 1. The summed E-state index contributed by atoms with van der Waals surface area (Å²) < 4.78 is 27.5. The lowest BCUT2D eigenvalue weighted by Gasteiger charge is -2.12. The second kappa shape index (κ2) is 8.96. The van der Waals surface area contributed by atoms with Gasteiger partial charge in [0, 0.05) is 30.7 Å². The van der Waals surface area contributed by atoms with E-state index in [-0.39, 0.29) is 16.6 Å². The van der Waals surface area contributed by atoms with Crippen LogP contribution in [0, 0.1) is 6.92 Å². The molecule has 0 spiro atoms. The first-order valence-corrected chi connectivity index (χ1v) is 12.2. The molecule has 0 aliphatic rings. The fourth-order valence-electron chi connectivity index (χ4n) is 3.56. The number of aromatic nitrogens is 2. The van der Waals surface area contributed by atoms with Crippen molar-refractivity contribution in [3.05, 3.63) is 89.9 Å². The van der Waals surface area contributed by atoms with Crippen LogP contribution in [0.5, 0.6) is 0 Å². The van der Waals surface area contributed by atoms with Crippen LogP contribution in [0.1, 0.15) is 34.8 Å². The highest BCUT2D eigenvalue weighted by atomic mass is 32.2. The van der Waals surface area contributed by atoms with Gasteiger partial charge in [0.15, 0.2) is 9.84 Å². The first-order valence-electron chi connectivity index (χ1n) is 10.5. The normalized spacial score (nSPS) is 11.6. The lowest BCUT2D eigenvalue weighted by molar-refractivity contribution is 0.0950. The number of amides is 1. The van der Waals surface area contributed by atoms with Crippen molar-refractivity contribution in [2.24, 2.45) is 0 Å². The molecular formula is C25H25N3O3S. The highest BCUT2D eigenvalue weighted by Crippen LogP contribution is 2.26. The number of sulfone groups is 1. The van der Waals surface area contributed by atoms with Crippen LogP contribution >= 0.6 is 0 Å². The summed E-state index contributed by atoms with van der Waals surface area (Å²) in [7, 11) is -3.48. The van der Waals surface area contributed by atoms with Crippen LogP contribution in [0.25, 0.3) is 16.8 Å². The number of hydrogen-bond donors (Lipinski definition) is 1. The lowest BCUT2D eigenvalue weighted by atomic mass is 10.0. The summed E-state index contributed by atoms with van der Waals surface area (Å²) in [6.45, 7) is 4.13. The average Bonchev–Trinajstić information content (AvgIpc) is 3.25. The molecule has 1 amide bonds. The van der Waals surface area contributed by atoms with Gasteiger partial charge in [-0.05, 0) is 60.4 Å².